The van der Waals surface area contributed by atoms with Crippen molar-refractivity contribution in [3.05, 3.63) is 76.8 Å². The van der Waals surface area contributed by atoms with Crippen molar-refractivity contribution in [2.75, 3.05) is 39.8 Å². The maximum absolute atomic E-state index is 6.26. The average molecular weight is 499 g/mol. The highest BCUT2D eigenvalue weighted by Gasteiger charge is 2.31. The zero-order valence-corrected chi connectivity index (χ0v) is 20.9. The molecule has 0 aromatic heterocycles. The number of benzene rings is 3. The van der Waals surface area contributed by atoms with Gasteiger partial charge in [-0.15, -0.1) is 0 Å². The van der Waals surface area contributed by atoms with Crippen LogP contribution in [0.1, 0.15) is 17.2 Å². The lowest BCUT2D eigenvalue weighted by Crippen LogP contribution is -2.44. The Morgan fingerprint density at radius 2 is 1.59 bits per heavy atom. The summed E-state index contributed by atoms with van der Waals surface area (Å²) in [6.07, 6.45) is 0.809. The molecule has 3 aromatic rings. The first-order chi connectivity index (χ1) is 16.5. The summed E-state index contributed by atoms with van der Waals surface area (Å²) < 4.78 is 22.8. The second-order valence-corrected chi connectivity index (χ2v) is 8.59. The Hall–Kier alpha value is -3.16. The van der Waals surface area contributed by atoms with Crippen molar-refractivity contribution in [3.8, 4) is 23.0 Å². The van der Waals surface area contributed by atoms with Crippen molar-refractivity contribution in [2.24, 2.45) is 0 Å². The van der Waals surface area contributed by atoms with Crippen LogP contribution in [0.2, 0.25) is 5.02 Å². The third-order valence-corrected chi connectivity index (χ3v) is 6.41. The van der Waals surface area contributed by atoms with Crippen LogP contribution in [0, 0.1) is 0 Å². The van der Waals surface area contributed by atoms with E-state index in [2.05, 4.69) is 10.2 Å². The SMILES string of the molecule is COc1cc2c(cc1OC)[C@H](COc1ccccc1OC)N(C(=S)Nc1ccc(Cl)cc1)CC2. The van der Waals surface area contributed by atoms with Crippen molar-refractivity contribution in [2.45, 2.75) is 12.5 Å². The van der Waals surface area contributed by atoms with Gasteiger partial charge in [0.2, 0.25) is 0 Å². The molecule has 1 atom stereocenters. The summed E-state index contributed by atoms with van der Waals surface area (Å²) in [5.41, 5.74) is 3.13. The first kappa shape index (κ1) is 24.0. The van der Waals surface area contributed by atoms with Gasteiger partial charge in [0.1, 0.15) is 6.61 Å². The molecule has 0 saturated carbocycles. The summed E-state index contributed by atoms with van der Waals surface area (Å²) in [7, 11) is 4.91. The summed E-state index contributed by atoms with van der Waals surface area (Å²) in [5.74, 6) is 2.73. The van der Waals surface area contributed by atoms with Gasteiger partial charge in [-0.05, 0) is 78.3 Å². The number of rotatable bonds is 7. The van der Waals surface area contributed by atoms with Gasteiger partial charge in [-0.2, -0.15) is 0 Å². The number of nitrogens with zero attached hydrogens (tertiary/aromatic N) is 1. The number of hydrogen-bond donors (Lipinski definition) is 1. The first-order valence-electron chi connectivity index (χ1n) is 10.9. The van der Waals surface area contributed by atoms with Crippen molar-refractivity contribution in [1.29, 1.82) is 0 Å². The number of anilines is 1. The molecule has 0 spiro atoms. The molecule has 0 saturated heterocycles. The maximum Gasteiger partial charge on any atom is 0.174 e. The van der Waals surface area contributed by atoms with Gasteiger partial charge in [0.15, 0.2) is 28.1 Å². The third-order valence-electron chi connectivity index (χ3n) is 5.82. The van der Waals surface area contributed by atoms with E-state index in [1.54, 1.807) is 21.3 Å². The van der Waals surface area contributed by atoms with Gasteiger partial charge in [-0.25, -0.2) is 0 Å². The molecular weight excluding hydrogens is 472 g/mol. The minimum atomic E-state index is -0.152. The predicted octanol–water partition coefficient (Wildman–Crippen LogP) is 5.74. The second-order valence-electron chi connectivity index (χ2n) is 7.76. The van der Waals surface area contributed by atoms with E-state index in [0.717, 1.165) is 24.2 Å². The number of nitrogens with one attached hydrogen (secondary N) is 1. The van der Waals surface area contributed by atoms with Gasteiger partial charge in [-0.3, -0.25) is 0 Å². The molecular formula is C26H27ClN2O4S. The van der Waals surface area contributed by atoms with E-state index in [1.807, 2.05) is 60.7 Å². The van der Waals surface area contributed by atoms with E-state index < -0.39 is 0 Å². The smallest absolute Gasteiger partial charge is 0.174 e. The van der Waals surface area contributed by atoms with Crippen LogP contribution < -0.4 is 24.3 Å². The Kier molecular flexibility index (Phi) is 7.65. The summed E-state index contributed by atoms with van der Waals surface area (Å²) in [6, 6.07) is 19.0. The zero-order valence-electron chi connectivity index (χ0n) is 19.3. The molecule has 8 heteroatoms. The number of halogens is 1. The summed E-state index contributed by atoms with van der Waals surface area (Å²) in [4.78, 5) is 2.15. The van der Waals surface area contributed by atoms with E-state index in [9.17, 15) is 0 Å². The molecule has 0 aliphatic carbocycles. The molecule has 3 aromatic carbocycles. The van der Waals surface area contributed by atoms with E-state index in [1.165, 1.54) is 5.56 Å². The zero-order chi connectivity index (χ0) is 24.1. The van der Waals surface area contributed by atoms with Crippen LogP contribution in [0.3, 0.4) is 0 Å². The standard InChI is InChI=1S/C26H27ClN2O4S/c1-30-22-6-4-5-7-23(22)33-16-21-20-15-25(32-3)24(31-2)14-17(20)12-13-29(21)26(34)28-19-10-8-18(27)9-11-19/h4-11,14-15,21H,12-13,16H2,1-3H3,(H,28,34)/t21-/m0/s1. The maximum atomic E-state index is 6.26. The van der Waals surface area contributed by atoms with Gasteiger partial charge >= 0.3 is 0 Å². The lowest BCUT2D eigenvalue weighted by Gasteiger charge is -2.39. The van der Waals surface area contributed by atoms with E-state index in [-0.39, 0.29) is 6.04 Å². The molecule has 1 aliphatic rings. The quantitative estimate of drug-likeness (QED) is 0.417. The summed E-state index contributed by atoms with van der Waals surface area (Å²) in [5, 5.41) is 4.62. The van der Waals surface area contributed by atoms with Gasteiger partial charge in [0.25, 0.3) is 0 Å². The van der Waals surface area contributed by atoms with Crippen molar-refractivity contribution < 1.29 is 18.9 Å². The highest BCUT2D eigenvalue weighted by atomic mass is 35.5. The molecule has 0 radical (unpaired) electrons. The minimum absolute atomic E-state index is 0.152. The topological polar surface area (TPSA) is 52.2 Å². The van der Waals surface area contributed by atoms with E-state index in [4.69, 9.17) is 42.8 Å². The molecule has 4 rings (SSSR count). The van der Waals surface area contributed by atoms with Crippen LogP contribution in [0.25, 0.3) is 0 Å². The molecule has 0 fully saturated rings. The van der Waals surface area contributed by atoms with Crippen LogP contribution in [0.4, 0.5) is 5.69 Å². The monoisotopic (exact) mass is 498 g/mol. The number of fused-ring (bicyclic) bond motifs is 1. The predicted molar refractivity (Wildman–Crippen MR) is 139 cm³/mol. The first-order valence-corrected chi connectivity index (χ1v) is 11.7. The van der Waals surface area contributed by atoms with E-state index >= 15 is 0 Å². The van der Waals surface area contributed by atoms with Crippen LogP contribution >= 0.6 is 23.8 Å². The average Bonchev–Trinajstić information content (AvgIpc) is 2.87. The van der Waals surface area contributed by atoms with Gasteiger partial charge in [0.05, 0.1) is 27.4 Å². The number of thiocarbonyl (C=S) groups is 1. The Morgan fingerprint density at radius 1 is 0.941 bits per heavy atom. The normalized spacial score (nSPS) is 14.7. The molecule has 178 valence electrons. The van der Waals surface area contributed by atoms with E-state index in [0.29, 0.717) is 39.7 Å². The van der Waals surface area contributed by atoms with Gasteiger partial charge < -0.3 is 29.2 Å². The molecule has 34 heavy (non-hydrogen) atoms. The van der Waals surface area contributed by atoms with Gasteiger partial charge in [-0.1, -0.05) is 23.7 Å². The third kappa shape index (κ3) is 5.16. The highest BCUT2D eigenvalue weighted by Crippen LogP contribution is 2.39. The van der Waals surface area contributed by atoms with Gasteiger partial charge in [0, 0.05) is 17.3 Å². The Morgan fingerprint density at radius 3 is 2.26 bits per heavy atom. The molecule has 6 nitrogen and oxygen atoms in total. The van der Waals surface area contributed by atoms with Crippen molar-refractivity contribution in [1.82, 2.24) is 4.90 Å². The van der Waals surface area contributed by atoms with Crippen molar-refractivity contribution in [3.63, 3.8) is 0 Å². The summed E-state index contributed by atoms with van der Waals surface area (Å²) >= 11 is 11.9. The fraction of sp³-hybridized carbons (Fsp3) is 0.269. The largest absolute Gasteiger partial charge is 0.493 e. The number of ether oxygens (including phenoxy) is 4. The minimum Gasteiger partial charge on any atom is -0.493 e. The molecule has 1 aliphatic heterocycles. The highest BCUT2D eigenvalue weighted by molar-refractivity contribution is 7.80. The number of methoxy groups -OCH3 is 3. The Labute approximate surface area is 210 Å². The van der Waals surface area contributed by atoms with Crippen LogP contribution in [-0.2, 0) is 6.42 Å². The fourth-order valence-electron chi connectivity index (χ4n) is 4.09. The van der Waals surface area contributed by atoms with Crippen LogP contribution in [0.15, 0.2) is 60.7 Å². The number of hydrogen-bond acceptors (Lipinski definition) is 5. The lowest BCUT2D eigenvalue weighted by molar-refractivity contribution is 0.185. The molecule has 0 bridgehead atoms. The Bertz CT molecular complexity index is 1160. The molecule has 0 unspecified atom stereocenters. The molecule has 1 heterocycles. The molecule has 1 N–H and O–H groups in total. The molecule has 0 amide bonds. The Balaban J connectivity index is 1.66. The fourth-order valence-corrected chi connectivity index (χ4v) is 4.55. The second kappa shape index (κ2) is 10.8. The van der Waals surface area contributed by atoms with Crippen LogP contribution in [0.5, 0.6) is 23.0 Å². The number of para-hydroxylation sites is 2. The lowest BCUT2D eigenvalue weighted by atomic mass is 9.92. The van der Waals surface area contributed by atoms with Crippen LogP contribution in [-0.4, -0.2) is 44.5 Å². The summed E-state index contributed by atoms with van der Waals surface area (Å²) in [6.45, 7) is 1.09. The van der Waals surface area contributed by atoms with Crippen molar-refractivity contribution >= 4 is 34.6 Å².